The van der Waals surface area contributed by atoms with E-state index in [9.17, 15) is 0 Å². The van der Waals surface area contributed by atoms with Gasteiger partial charge in [0.2, 0.25) is 0 Å². The van der Waals surface area contributed by atoms with Crippen molar-refractivity contribution in [1.29, 1.82) is 0 Å². The van der Waals surface area contributed by atoms with Crippen LogP contribution in [0.2, 0.25) is 0 Å². The van der Waals surface area contributed by atoms with Gasteiger partial charge in [0.05, 0.1) is 11.9 Å². The minimum Gasteiger partial charge on any atom is -0.366 e. The van der Waals surface area contributed by atoms with Gasteiger partial charge >= 0.3 is 0 Å². The Morgan fingerprint density at radius 2 is 2.33 bits per heavy atom. The molecule has 18 heavy (non-hydrogen) atoms. The molecule has 2 heterocycles. The van der Waals surface area contributed by atoms with Gasteiger partial charge < -0.3 is 10.2 Å². The second-order valence-corrected chi connectivity index (χ2v) is 5.41. The van der Waals surface area contributed by atoms with Gasteiger partial charge in [-0.1, -0.05) is 11.6 Å². The summed E-state index contributed by atoms with van der Waals surface area (Å²) in [5.74, 6) is 0. The van der Waals surface area contributed by atoms with Gasteiger partial charge in [0.1, 0.15) is 0 Å². The van der Waals surface area contributed by atoms with E-state index in [1.807, 2.05) is 12.4 Å². The summed E-state index contributed by atoms with van der Waals surface area (Å²) in [4.78, 5) is 6.73. The van der Waals surface area contributed by atoms with Crippen LogP contribution >= 0.6 is 0 Å². The predicted octanol–water partition coefficient (Wildman–Crippen LogP) is 2.49. The maximum absolute atomic E-state index is 4.29. The van der Waals surface area contributed by atoms with Gasteiger partial charge in [-0.2, -0.15) is 0 Å². The Labute approximate surface area is 109 Å². The lowest BCUT2D eigenvalue weighted by molar-refractivity contribution is 0.681. The predicted molar refractivity (Wildman–Crippen MR) is 74.7 cm³/mol. The molecule has 0 aromatic carbocycles. The highest BCUT2D eigenvalue weighted by Gasteiger charge is 2.21. The van der Waals surface area contributed by atoms with Crippen molar-refractivity contribution in [2.45, 2.75) is 38.8 Å². The van der Waals surface area contributed by atoms with Gasteiger partial charge in [-0.25, -0.2) is 0 Å². The highest BCUT2D eigenvalue weighted by Crippen LogP contribution is 2.25. The molecule has 0 spiro atoms. The maximum atomic E-state index is 4.29. The van der Waals surface area contributed by atoms with Crippen molar-refractivity contribution in [2.75, 3.05) is 18.0 Å². The maximum Gasteiger partial charge on any atom is 0.0601 e. The van der Waals surface area contributed by atoms with E-state index in [1.54, 1.807) is 0 Å². The number of nitrogens with one attached hydrogen (secondary N) is 1. The third-order valence-electron chi connectivity index (χ3n) is 3.82. The van der Waals surface area contributed by atoms with Gasteiger partial charge in [-0.05, 0) is 37.8 Å². The van der Waals surface area contributed by atoms with E-state index >= 15 is 0 Å². The summed E-state index contributed by atoms with van der Waals surface area (Å²) < 4.78 is 0. The Bertz CT molecular complexity index is 449. The summed E-state index contributed by atoms with van der Waals surface area (Å²) >= 11 is 0. The molecule has 0 amide bonds. The molecular formula is C15H21N3. The molecule has 0 unspecified atom stereocenters. The van der Waals surface area contributed by atoms with Crippen LogP contribution in [0.25, 0.3) is 0 Å². The molecule has 3 rings (SSSR count). The zero-order valence-electron chi connectivity index (χ0n) is 11.0. The molecule has 0 saturated heterocycles. The number of nitrogens with zero attached hydrogens (tertiary/aromatic N) is 2. The molecular weight excluding hydrogens is 222 g/mol. The summed E-state index contributed by atoms with van der Waals surface area (Å²) in [6, 6.07) is 2.91. The quantitative estimate of drug-likeness (QED) is 0.824. The van der Waals surface area contributed by atoms with E-state index in [0.29, 0.717) is 0 Å². The van der Waals surface area contributed by atoms with Crippen molar-refractivity contribution in [3.63, 3.8) is 0 Å². The Morgan fingerprint density at radius 3 is 3.06 bits per heavy atom. The smallest absolute Gasteiger partial charge is 0.0601 e. The molecule has 3 heteroatoms. The number of hydrogen-bond acceptors (Lipinski definition) is 3. The number of rotatable bonds is 4. The summed E-state index contributed by atoms with van der Waals surface area (Å²) in [5, 5.41) is 3.59. The molecule has 2 aliphatic rings. The molecule has 0 bridgehead atoms. The lowest BCUT2D eigenvalue weighted by Gasteiger charge is -2.29. The van der Waals surface area contributed by atoms with E-state index in [0.717, 1.165) is 25.7 Å². The molecule has 1 aromatic heterocycles. The van der Waals surface area contributed by atoms with Crippen molar-refractivity contribution in [2.24, 2.45) is 0 Å². The summed E-state index contributed by atoms with van der Waals surface area (Å²) in [7, 11) is 0. The largest absolute Gasteiger partial charge is 0.366 e. The van der Waals surface area contributed by atoms with Crippen molar-refractivity contribution >= 4 is 5.69 Å². The van der Waals surface area contributed by atoms with Crippen LogP contribution in [0.3, 0.4) is 0 Å². The molecule has 1 aromatic rings. The van der Waals surface area contributed by atoms with Gasteiger partial charge in [-0.15, -0.1) is 0 Å². The first-order valence-electron chi connectivity index (χ1n) is 6.90. The second kappa shape index (κ2) is 5.11. The van der Waals surface area contributed by atoms with Crippen LogP contribution < -0.4 is 10.2 Å². The fourth-order valence-corrected chi connectivity index (χ4v) is 2.38. The van der Waals surface area contributed by atoms with Crippen LogP contribution in [0.5, 0.6) is 0 Å². The lowest BCUT2D eigenvalue weighted by atomic mass is 10.1. The fraction of sp³-hybridized carbons (Fsp3) is 0.533. The molecule has 96 valence electrons. The minimum atomic E-state index is 0.759. The van der Waals surface area contributed by atoms with E-state index in [4.69, 9.17) is 0 Å². The van der Waals surface area contributed by atoms with E-state index in [1.165, 1.54) is 36.1 Å². The van der Waals surface area contributed by atoms with Gasteiger partial charge in [0.25, 0.3) is 0 Å². The minimum absolute atomic E-state index is 0.759. The van der Waals surface area contributed by atoms with Crippen LogP contribution in [0.1, 0.15) is 31.7 Å². The third-order valence-corrected chi connectivity index (χ3v) is 3.82. The molecule has 0 radical (unpaired) electrons. The first-order valence-corrected chi connectivity index (χ1v) is 6.90. The Balaban J connectivity index is 1.73. The zero-order valence-corrected chi connectivity index (χ0v) is 11.0. The summed E-state index contributed by atoms with van der Waals surface area (Å²) in [6.45, 7) is 5.33. The highest BCUT2D eigenvalue weighted by atomic mass is 15.1. The molecule has 1 aliphatic heterocycles. The van der Waals surface area contributed by atoms with Crippen LogP contribution in [-0.4, -0.2) is 24.1 Å². The average molecular weight is 243 g/mol. The van der Waals surface area contributed by atoms with Crippen molar-refractivity contribution < 1.29 is 0 Å². The first-order chi connectivity index (χ1) is 8.83. The van der Waals surface area contributed by atoms with Crippen molar-refractivity contribution in [3.05, 3.63) is 35.7 Å². The Hall–Kier alpha value is -1.35. The molecule has 1 aliphatic carbocycles. The number of aromatic nitrogens is 1. The molecule has 3 nitrogen and oxygen atoms in total. The van der Waals surface area contributed by atoms with E-state index in [-0.39, 0.29) is 0 Å². The van der Waals surface area contributed by atoms with Crippen LogP contribution in [0, 0.1) is 0 Å². The van der Waals surface area contributed by atoms with Gasteiger partial charge in [0.15, 0.2) is 0 Å². The second-order valence-electron chi connectivity index (χ2n) is 5.41. The monoisotopic (exact) mass is 243 g/mol. The van der Waals surface area contributed by atoms with Gasteiger partial charge in [-0.3, -0.25) is 4.98 Å². The third kappa shape index (κ3) is 2.72. The lowest BCUT2D eigenvalue weighted by Crippen LogP contribution is -2.30. The number of anilines is 1. The fourth-order valence-electron chi connectivity index (χ4n) is 2.38. The van der Waals surface area contributed by atoms with Crippen molar-refractivity contribution in [1.82, 2.24) is 10.3 Å². The summed E-state index contributed by atoms with van der Waals surface area (Å²) in [5.41, 5.74) is 4.19. The average Bonchev–Trinajstić information content (AvgIpc) is 3.22. The van der Waals surface area contributed by atoms with Gasteiger partial charge in [0, 0.05) is 31.9 Å². The highest BCUT2D eigenvalue weighted by molar-refractivity contribution is 5.53. The number of pyridine rings is 1. The first kappa shape index (κ1) is 11.7. The van der Waals surface area contributed by atoms with Crippen LogP contribution in [0.15, 0.2) is 30.1 Å². The normalized spacial score (nSPS) is 19.8. The molecule has 1 saturated carbocycles. The Kier molecular flexibility index (Phi) is 3.33. The Morgan fingerprint density at radius 1 is 1.44 bits per heavy atom. The molecule has 1 fully saturated rings. The van der Waals surface area contributed by atoms with Crippen LogP contribution in [-0.2, 0) is 6.54 Å². The SMILES string of the molecule is CC1=CCN(c2cnccc2CNC2CC2)CC1. The van der Waals surface area contributed by atoms with Crippen molar-refractivity contribution in [3.8, 4) is 0 Å². The molecule has 0 atom stereocenters. The number of hydrogen-bond donors (Lipinski definition) is 1. The van der Waals surface area contributed by atoms with E-state index < -0.39 is 0 Å². The topological polar surface area (TPSA) is 28.2 Å². The standard InChI is InChI=1S/C15H21N3/c1-12-5-8-18(9-6-12)15-11-16-7-4-13(15)10-17-14-2-3-14/h4-5,7,11,14,17H,2-3,6,8-10H2,1H3. The van der Waals surface area contributed by atoms with E-state index in [2.05, 4.69) is 34.3 Å². The van der Waals surface area contributed by atoms with Crippen LogP contribution in [0.4, 0.5) is 5.69 Å². The molecule has 1 N–H and O–H groups in total. The summed E-state index contributed by atoms with van der Waals surface area (Å²) in [6.07, 6.45) is 10.1. The zero-order chi connectivity index (χ0) is 12.4.